The van der Waals surface area contributed by atoms with Crippen molar-refractivity contribution >= 4 is 0 Å². The van der Waals surface area contributed by atoms with Crippen molar-refractivity contribution in [2.45, 2.75) is 46.1 Å². The highest BCUT2D eigenvalue weighted by atomic mass is 16.5. The minimum absolute atomic E-state index is 0.179. The van der Waals surface area contributed by atoms with Crippen molar-refractivity contribution in [2.75, 3.05) is 19.8 Å². The van der Waals surface area contributed by atoms with Gasteiger partial charge in [0.1, 0.15) is 0 Å². The van der Waals surface area contributed by atoms with Crippen molar-refractivity contribution in [1.82, 2.24) is 5.32 Å². The highest BCUT2D eigenvalue weighted by molar-refractivity contribution is 4.91. The third-order valence-corrected chi connectivity index (χ3v) is 3.42. The summed E-state index contributed by atoms with van der Waals surface area (Å²) < 4.78 is 5.37. The van der Waals surface area contributed by atoms with Crippen molar-refractivity contribution in [3.8, 4) is 6.07 Å². The molecular weight excluding hydrogens is 200 g/mol. The molecule has 0 bridgehead atoms. The van der Waals surface area contributed by atoms with E-state index in [1.807, 2.05) is 13.8 Å². The van der Waals surface area contributed by atoms with Crippen LogP contribution in [-0.4, -0.2) is 25.8 Å². The highest BCUT2D eigenvalue weighted by Crippen LogP contribution is 2.20. The molecule has 1 N–H and O–H groups in total. The van der Waals surface area contributed by atoms with Crippen LogP contribution in [0.3, 0.4) is 0 Å². The second-order valence-corrected chi connectivity index (χ2v) is 5.47. The molecule has 0 saturated carbocycles. The zero-order valence-corrected chi connectivity index (χ0v) is 10.8. The Labute approximate surface area is 99.2 Å². The van der Waals surface area contributed by atoms with Gasteiger partial charge < -0.3 is 10.1 Å². The Morgan fingerprint density at radius 2 is 2.31 bits per heavy atom. The molecule has 1 saturated heterocycles. The molecule has 1 heterocycles. The molecule has 3 heteroatoms. The number of ether oxygens (including phenoxy) is 1. The quantitative estimate of drug-likeness (QED) is 0.704. The van der Waals surface area contributed by atoms with Gasteiger partial charge in [-0.1, -0.05) is 0 Å². The Kier molecular flexibility index (Phi) is 5.24. The molecule has 0 aromatic heterocycles. The summed E-state index contributed by atoms with van der Waals surface area (Å²) in [6, 6.07) is 2.87. The van der Waals surface area contributed by atoms with Gasteiger partial charge in [-0.25, -0.2) is 0 Å². The molecule has 16 heavy (non-hydrogen) atoms. The van der Waals surface area contributed by atoms with Gasteiger partial charge in [-0.3, -0.25) is 0 Å². The molecule has 0 aromatic carbocycles. The molecule has 2 unspecified atom stereocenters. The summed E-state index contributed by atoms with van der Waals surface area (Å²) in [4.78, 5) is 0. The van der Waals surface area contributed by atoms with Crippen molar-refractivity contribution in [1.29, 1.82) is 5.26 Å². The van der Waals surface area contributed by atoms with E-state index in [0.29, 0.717) is 12.0 Å². The lowest BCUT2D eigenvalue weighted by molar-refractivity contribution is 0.178. The largest absolute Gasteiger partial charge is 0.381 e. The van der Waals surface area contributed by atoms with E-state index >= 15 is 0 Å². The molecule has 0 amide bonds. The van der Waals surface area contributed by atoms with Crippen molar-refractivity contribution in [3.63, 3.8) is 0 Å². The number of rotatable bonds is 6. The van der Waals surface area contributed by atoms with Crippen LogP contribution in [0.1, 0.15) is 40.0 Å². The minimum Gasteiger partial charge on any atom is -0.381 e. The Morgan fingerprint density at radius 1 is 1.56 bits per heavy atom. The molecule has 1 aliphatic rings. The summed E-state index contributed by atoms with van der Waals surface area (Å²) in [6.45, 7) is 9.05. The Bertz CT molecular complexity index is 239. The third kappa shape index (κ3) is 4.51. The third-order valence-electron chi connectivity index (χ3n) is 3.42. The number of nitrogens with zero attached hydrogens (tertiary/aromatic N) is 1. The average molecular weight is 224 g/mol. The molecule has 2 atom stereocenters. The van der Waals surface area contributed by atoms with E-state index < -0.39 is 0 Å². The normalized spacial score (nSPS) is 23.0. The van der Waals surface area contributed by atoms with E-state index in [-0.39, 0.29) is 5.41 Å². The number of nitrogens with one attached hydrogen (secondary N) is 1. The molecule has 3 nitrogen and oxygen atoms in total. The maximum absolute atomic E-state index is 8.89. The second kappa shape index (κ2) is 6.22. The predicted octanol–water partition coefficient (Wildman–Crippen LogP) is 2.33. The summed E-state index contributed by atoms with van der Waals surface area (Å²) in [6.07, 6.45) is 3.21. The molecule has 92 valence electrons. The SMILES string of the molecule is CC(NCCCC(C)(C)C#N)C1CCOC1. The summed E-state index contributed by atoms with van der Waals surface area (Å²) in [5.74, 6) is 0.670. The smallest absolute Gasteiger partial charge is 0.0683 e. The van der Waals surface area contributed by atoms with Crippen LogP contribution in [-0.2, 0) is 4.74 Å². The first-order valence-electron chi connectivity index (χ1n) is 6.27. The van der Waals surface area contributed by atoms with Gasteiger partial charge in [-0.05, 0) is 52.5 Å². The van der Waals surface area contributed by atoms with E-state index in [1.54, 1.807) is 0 Å². The van der Waals surface area contributed by atoms with Crippen LogP contribution in [0.25, 0.3) is 0 Å². The lowest BCUT2D eigenvalue weighted by atomic mass is 9.90. The zero-order chi connectivity index (χ0) is 12.0. The van der Waals surface area contributed by atoms with E-state index in [9.17, 15) is 0 Å². The topological polar surface area (TPSA) is 45.0 Å². The average Bonchev–Trinajstić information content (AvgIpc) is 2.77. The minimum atomic E-state index is -0.179. The van der Waals surface area contributed by atoms with Gasteiger partial charge in [0.25, 0.3) is 0 Å². The van der Waals surface area contributed by atoms with Gasteiger partial charge in [0.15, 0.2) is 0 Å². The summed E-state index contributed by atoms with van der Waals surface area (Å²) in [5.41, 5.74) is -0.179. The lowest BCUT2D eigenvalue weighted by Crippen LogP contribution is -2.34. The molecule has 1 rings (SSSR count). The van der Waals surface area contributed by atoms with Crippen LogP contribution in [0.5, 0.6) is 0 Å². The van der Waals surface area contributed by atoms with E-state index in [4.69, 9.17) is 10.00 Å². The van der Waals surface area contributed by atoms with Gasteiger partial charge in [0, 0.05) is 12.6 Å². The fraction of sp³-hybridized carbons (Fsp3) is 0.923. The Balaban J connectivity index is 2.09. The van der Waals surface area contributed by atoms with E-state index in [0.717, 1.165) is 32.6 Å². The fourth-order valence-electron chi connectivity index (χ4n) is 2.03. The first-order chi connectivity index (χ1) is 7.55. The van der Waals surface area contributed by atoms with Crippen LogP contribution in [0.4, 0.5) is 0 Å². The molecule has 0 radical (unpaired) electrons. The van der Waals surface area contributed by atoms with Gasteiger partial charge in [0.2, 0.25) is 0 Å². The Hall–Kier alpha value is -0.590. The lowest BCUT2D eigenvalue weighted by Gasteiger charge is -2.20. The predicted molar refractivity (Wildman–Crippen MR) is 65.0 cm³/mol. The standard InChI is InChI=1S/C13H24N2O/c1-11(12-5-8-16-9-12)15-7-4-6-13(2,3)10-14/h11-12,15H,4-9H2,1-3H3. The van der Waals surface area contributed by atoms with Gasteiger partial charge in [-0.15, -0.1) is 0 Å². The van der Waals surface area contributed by atoms with Crippen LogP contribution in [0.15, 0.2) is 0 Å². The number of hydrogen-bond acceptors (Lipinski definition) is 3. The fourth-order valence-corrected chi connectivity index (χ4v) is 2.03. The number of hydrogen-bond donors (Lipinski definition) is 1. The second-order valence-electron chi connectivity index (χ2n) is 5.47. The van der Waals surface area contributed by atoms with Crippen molar-refractivity contribution in [3.05, 3.63) is 0 Å². The van der Waals surface area contributed by atoms with Crippen LogP contribution in [0.2, 0.25) is 0 Å². The molecule has 0 aromatic rings. The summed E-state index contributed by atoms with van der Waals surface area (Å²) in [5, 5.41) is 12.4. The van der Waals surface area contributed by atoms with Crippen molar-refractivity contribution in [2.24, 2.45) is 11.3 Å². The van der Waals surface area contributed by atoms with Gasteiger partial charge >= 0.3 is 0 Å². The van der Waals surface area contributed by atoms with Crippen LogP contribution >= 0.6 is 0 Å². The highest BCUT2D eigenvalue weighted by Gasteiger charge is 2.22. The van der Waals surface area contributed by atoms with E-state index in [1.165, 1.54) is 6.42 Å². The van der Waals surface area contributed by atoms with Crippen molar-refractivity contribution < 1.29 is 4.74 Å². The Morgan fingerprint density at radius 3 is 2.88 bits per heavy atom. The molecule has 0 aliphatic carbocycles. The van der Waals surface area contributed by atoms with Crippen LogP contribution < -0.4 is 5.32 Å². The first kappa shape index (κ1) is 13.5. The van der Waals surface area contributed by atoms with E-state index in [2.05, 4.69) is 18.3 Å². The maximum atomic E-state index is 8.89. The monoisotopic (exact) mass is 224 g/mol. The first-order valence-corrected chi connectivity index (χ1v) is 6.27. The zero-order valence-electron chi connectivity index (χ0n) is 10.8. The van der Waals surface area contributed by atoms with Gasteiger partial charge in [-0.2, -0.15) is 5.26 Å². The summed E-state index contributed by atoms with van der Waals surface area (Å²) in [7, 11) is 0. The number of nitriles is 1. The maximum Gasteiger partial charge on any atom is 0.0683 e. The molecule has 0 spiro atoms. The summed E-state index contributed by atoms with van der Waals surface area (Å²) >= 11 is 0. The van der Waals surface area contributed by atoms with Gasteiger partial charge in [0.05, 0.1) is 18.1 Å². The molecular formula is C13H24N2O. The van der Waals surface area contributed by atoms with Crippen LogP contribution in [0, 0.1) is 22.7 Å². The molecule has 1 aliphatic heterocycles. The molecule has 1 fully saturated rings.